The highest BCUT2D eigenvalue weighted by molar-refractivity contribution is 5.97. The Balaban J connectivity index is 1.67. The normalized spacial score (nSPS) is 24.5. The molecule has 2 N–H and O–H groups in total. The van der Waals surface area contributed by atoms with E-state index in [1.165, 1.54) is 6.42 Å². The third-order valence-electron chi connectivity index (χ3n) is 4.79. The summed E-state index contributed by atoms with van der Waals surface area (Å²) in [5.74, 6) is -0.152. The van der Waals surface area contributed by atoms with Crippen molar-refractivity contribution >= 4 is 16.8 Å². The van der Waals surface area contributed by atoms with E-state index in [-0.39, 0.29) is 17.0 Å². The minimum absolute atomic E-state index is 0.152. The van der Waals surface area contributed by atoms with Crippen LogP contribution in [0.5, 0.6) is 0 Å². The van der Waals surface area contributed by atoms with Crippen molar-refractivity contribution in [2.75, 3.05) is 13.1 Å². The molecule has 0 saturated carbocycles. The predicted octanol–water partition coefficient (Wildman–Crippen LogP) is 1.49. The van der Waals surface area contributed by atoms with E-state index in [0.717, 1.165) is 30.3 Å². The number of aromatic amines is 1. The predicted molar refractivity (Wildman–Crippen MR) is 85.0 cm³/mol. The van der Waals surface area contributed by atoms with E-state index < -0.39 is 0 Å². The highest BCUT2D eigenvalue weighted by atomic mass is 16.2. The summed E-state index contributed by atoms with van der Waals surface area (Å²) >= 11 is 0. The number of fused-ring (bicyclic) bond motifs is 3. The maximum Gasteiger partial charge on any atom is 0.261 e. The van der Waals surface area contributed by atoms with Gasteiger partial charge in [0.1, 0.15) is 5.56 Å². The van der Waals surface area contributed by atoms with Crippen LogP contribution in [0.25, 0.3) is 10.9 Å². The maximum absolute atomic E-state index is 12.8. The van der Waals surface area contributed by atoms with Crippen LogP contribution in [-0.2, 0) is 0 Å². The Morgan fingerprint density at radius 2 is 1.95 bits per heavy atom. The average molecular weight is 297 g/mol. The van der Waals surface area contributed by atoms with E-state index in [0.29, 0.717) is 18.6 Å². The van der Waals surface area contributed by atoms with Gasteiger partial charge in [-0.1, -0.05) is 18.2 Å². The quantitative estimate of drug-likeness (QED) is 0.838. The summed E-state index contributed by atoms with van der Waals surface area (Å²) in [4.78, 5) is 29.7. The van der Waals surface area contributed by atoms with Crippen LogP contribution in [0.3, 0.4) is 0 Å². The summed E-state index contributed by atoms with van der Waals surface area (Å²) in [6.07, 6.45) is 3.28. The van der Waals surface area contributed by atoms with Crippen LogP contribution in [-0.4, -0.2) is 41.0 Å². The Morgan fingerprint density at radius 3 is 2.86 bits per heavy atom. The van der Waals surface area contributed by atoms with Crippen LogP contribution in [0.15, 0.2) is 35.1 Å². The van der Waals surface area contributed by atoms with Gasteiger partial charge in [-0.25, -0.2) is 0 Å². The van der Waals surface area contributed by atoms with Crippen molar-refractivity contribution in [2.24, 2.45) is 0 Å². The summed E-state index contributed by atoms with van der Waals surface area (Å²) < 4.78 is 0. The molecule has 0 radical (unpaired) electrons. The lowest BCUT2D eigenvalue weighted by atomic mass is 10.1. The molecule has 2 saturated heterocycles. The molecule has 2 aromatic rings. The third-order valence-corrected chi connectivity index (χ3v) is 4.79. The first-order valence-corrected chi connectivity index (χ1v) is 7.88. The molecule has 2 fully saturated rings. The first kappa shape index (κ1) is 13.5. The number of hydrogen-bond donors (Lipinski definition) is 2. The number of likely N-dealkylation sites (tertiary alicyclic amines) is 1. The highest BCUT2D eigenvalue weighted by Gasteiger charge is 2.32. The number of aromatic nitrogens is 1. The molecule has 4 rings (SSSR count). The number of H-pyrrole nitrogens is 1. The average Bonchev–Trinajstić information content (AvgIpc) is 2.85. The van der Waals surface area contributed by atoms with Gasteiger partial charge in [-0.3, -0.25) is 9.59 Å². The summed E-state index contributed by atoms with van der Waals surface area (Å²) in [6, 6.07) is 10.1. The molecule has 114 valence electrons. The second-order valence-electron chi connectivity index (χ2n) is 6.28. The van der Waals surface area contributed by atoms with Gasteiger partial charge in [0.05, 0.1) is 0 Å². The topological polar surface area (TPSA) is 65.2 Å². The van der Waals surface area contributed by atoms with E-state index in [1.807, 2.05) is 29.2 Å². The van der Waals surface area contributed by atoms with Gasteiger partial charge in [0.25, 0.3) is 11.5 Å². The van der Waals surface area contributed by atoms with Gasteiger partial charge >= 0.3 is 0 Å². The number of pyridine rings is 1. The van der Waals surface area contributed by atoms with E-state index >= 15 is 0 Å². The molecule has 22 heavy (non-hydrogen) atoms. The molecule has 1 amide bonds. The zero-order chi connectivity index (χ0) is 15.1. The van der Waals surface area contributed by atoms with Crippen LogP contribution in [0.1, 0.15) is 29.6 Å². The molecule has 0 spiro atoms. The minimum Gasteiger partial charge on any atom is -0.337 e. The first-order chi connectivity index (χ1) is 10.7. The molecule has 5 nitrogen and oxygen atoms in total. The minimum atomic E-state index is -0.300. The fraction of sp³-hybridized carbons (Fsp3) is 0.412. The Bertz CT molecular complexity index is 783. The first-order valence-electron chi connectivity index (χ1n) is 7.88. The Hall–Kier alpha value is -2.14. The monoisotopic (exact) mass is 297 g/mol. The van der Waals surface area contributed by atoms with Gasteiger partial charge in [-0.15, -0.1) is 0 Å². The van der Waals surface area contributed by atoms with Crippen molar-refractivity contribution in [3.63, 3.8) is 0 Å². The van der Waals surface area contributed by atoms with Crippen LogP contribution >= 0.6 is 0 Å². The van der Waals surface area contributed by atoms with Crippen LogP contribution in [0.2, 0.25) is 0 Å². The fourth-order valence-electron chi connectivity index (χ4n) is 3.60. The van der Waals surface area contributed by atoms with Crippen LogP contribution in [0.4, 0.5) is 0 Å². The maximum atomic E-state index is 12.8. The number of hydrogen-bond acceptors (Lipinski definition) is 3. The van der Waals surface area contributed by atoms with Gasteiger partial charge in [-0.05, 0) is 36.8 Å². The Kier molecular flexibility index (Phi) is 3.22. The second kappa shape index (κ2) is 5.25. The van der Waals surface area contributed by atoms with Crippen molar-refractivity contribution in [3.05, 3.63) is 46.2 Å². The van der Waals surface area contributed by atoms with Gasteiger partial charge < -0.3 is 15.2 Å². The Labute approximate surface area is 128 Å². The number of carbonyl (C=O) groups is 1. The number of benzene rings is 1. The van der Waals surface area contributed by atoms with Crippen molar-refractivity contribution in [1.29, 1.82) is 0 Å². The van der Waals surface area contributed by atoms with Crippen LogP contribution < -0.4 is 10.9 Å². The zero-order valence-corrected chi connectivity index (χ0v) is 12.3. The summed E-state index contributed by atoms with van der Waals surface area (Å²) in [7, 11) is 0. The molecule has 0 aliphatic carbocycles. The van der Waals surface area contributed by atoms with Crippen molar-refractivity contribution in [2.45, 2.75) is 31.3 Å². The lowest BCUT2D eigenvalue weighted by Crippen LogP contribution is -2.40. The standard InChI is InChI=1S/C17H19N3O2/c21-16-14(9-11-3-1-2-4-15(11)19-16)17(22)20-8-7-12-5-6-13(10-20)18-12/h1-4,9,12-13,18H,5-8,10H2,(H,19,21). The highest BCUT2D eigenvalue weighted by Crippen LogP contribution is 2.21. The van der Waals surface area contributed by atoms with E-state index in [1.54, 1.807) is 6.07 Å². The molecule has 3 heterocycles. The van der Waals surface area contributed by atoms with Crippen molar-refractivity contribution < 1.29 is 4.79 Å². The fourth-order valence-corrected chi connectivity index (χ4v) is 3.60. The van der Waals surface area contributed by atoms with Gasteiger partial charge in [-0.2, -0.15) is 0 Å². The second-order valence-corrected chi connectivity index (χ2v) is 6.28. The van der Waals surface area contributed by atoms with Gasteiger partial charge in [0.2, 0.25) is 0 Å². The van der Waals surface area contributed by atoms with E-state index in [2.05, 4.69) is 10.3 Å². The molecule has 1 aromatic heterocycles. The molecule has 2 atom stereocenters. The number of nitrogens with zero attached hydrogens (tertiary/aromatic N) is 1. The summed E-state index contributed by atoms with van der Waals surface area (Å²) in [6.45, 7) is 1.42. The van der Waals surface area contributed by atoms with Crippen LogP contribution in [0, 0.1) is 0 Å². The van der Waals surface area contributed by atoms with Crippen molar-refractivity contribution in [1.82, 2.24) is 15.2 Å². The number of para-hydroxylation sites is 1. The molecule has 1 aromatic carbocycles. The molecular formula is C17H19N3O2. The number of nitrogens with one attached hydrogen (secondary N) is 2. The summed E-state index contributed by atoms with van der Waals surface area (Å²) in [5, 5.41) is 4.44. The lowest BCUT2D eigenvalue weighted by Gasteiger charge is -2.24. The molecule has 2 unspecified atom stereocenters. The van der Waals surface area contributed by atoms with Crippen molar-refractivity contribution in [3.8, 4) is 0 Å². The molecule has 2 bridgehead atoms. The smallest absolute Gasteiger partial charge is 0.261 e. The molecular weight excluding hydrogens is 278 g/mol. The zero-order valence-electron chi connectivity index (χ0n) is 12.3. The van der Waals surface area contributed by atoms with Gasteiger partial charge in [0.15, 0.2) is 0 Å². The molecule has 2 aliphatic rings. The number of amides is 1. The lowest BCUT2D eigenvalue weighted by molar-refractivity contribution is 0.0746. The third kappa shape index (κ3) is 2.31. The van der Waals surface area contributed by atoms with E-state index in [4.69, 9.17) is 0 Å². The molecule has 5 heteroatoms. The Morgan fingerprint density at radius 1 is 1.14 bits per heavy atom. The van der Waals surface area contributed by atoms with Gasteiger partial charge in [0, 0.05) is 30.7 Å². The largest absolute Gasteiger partial charge is 0.337 e. The molecule has 2 aliphatic heterocycles. The SMILES string of the molecule is O=C(c1cc2ccccc2[nH]c1=O)N1CCC2CCC(C1)N2. The number of carbonyl (C=O) groups excluding carboxylic acids is 1. The summed E-state index contributed by atoms with van der Waals surface area (Å²) in [5.41, 5.74) is 0.711. The van der Waals surface area contributed by atoms with E-state index in [9.17, 15) is 9.59 Å². The number of rotatable bonds is 1.